The van der Waals surface area contributed by atoms with Gasteiger partial charge in [-0.2, -0.15) is 0 Å². The van der Waals surface area contributed by atoms with Crippen LogP contribution in [-0.4, -0.2) is 49.7 Å². The molecule has 3 unspecified atom stereocenters. The van der Waals surface area contributed by atoms with Crippen molar-refractivity contribution in [2.24, 2.45) is 5.92 Å². The first kappa shape index (κ1) is 42.9. The fraction of sp³-hybridized carbons (Fsp3) is 0.789. The van der Waals surface area contributed by atoms with Crippen LogP contribution in [0.15, 0.2) is 41.4 Å². The summed E-state index contributed by atoms with van der Waals surface area (Å²) >= 11 is 0. The molecule has 3 atom stereocenters. The van der Waals surface area contributed by atoms with Gasteiger partial charge in [0.15, 0.2) is 16.6 Å². The van der Waals surface area contributed by atoms with Gasteiger partial charge in [0, 0.05) is 18.8 Å². The molecule has 0 saturated heterocycles. The molecule has 46 heavy (non-hydrogen) atoms. The van der Waals surface area contributed by atoms with E-state index in [0.29, 0.717) is 6.42 Å². The van der Waals surface area contributed by atoms with Crippen molar-refractivity contribution in [2.45, 2.75) is 181 Å². The van der Waals surface area contributed by atoms with E-state index in [-0.39, 0.29) is 28.6 Å². The number of esters is 1. The highest BCUT2D eigenvalue weighted by atomic mass is 28.4. The van der Waals surface area contributed by atoms with Gasteiger partial charge in [-0.05, 0) is 113 Å². The first-order chi connectivity index (χ1) is 21.3. The number of allylic oxidation sites excluding steroid dienone is 1. The minimum atomic E-state index is -2.06. The van der Waals surface area contributed by atoms with Crippen LogP contribution in [-0.2, 0) is 22.8 Å². The Labute approximate surface area is 288 Å². The number of carbonyl (C=O) groups is 1. The molecule has 0 radical (unpaired) electrons. The minimum absolute atomic E-state index is 0.0924. The molecular formula is C38H72O5Si3. The lowest BCUT2D eigenvalue weighted by molar-refractivity contribution is -0.140. The second-order valence-corrected chi connectivity index (χ2v) is 30.0. The Balaban J connectivity index is 3.58. The number of methoxy groups -OCH3 is 1. The summed E-state index contributed by atoms with van der Waals surface area (Å²) in [6.45, 7) is 30.1. The number of rotatable bonds is 21. The van der Waals surface area contributed by atoms with Crippen molar-refractivity contribution in [3.05, 3.63) is 41.4 Å². The van der Waals surface area contributed by atoms with Crippen molar-refractivity contribution >= 4 is 30.9 Å². The molecular weight excluding hydrogens is 621 g/mol. The van der Waals surface area contributed by atoms with Gasteiger partial charge in [-0.1, -0.05) is 73.5 Å². The van der Waals surface area contributed by atoms with Gasteiger partial charge in [0.1, 0.15) is 0 Å². The summed E-state index contributed by atoms with van der Waals surface area (Å²) in [5.41, 5.74) is 4.60. The zero-order valence-electron chi connectivity index (χ0n) is 32.5. The SMILES string of the molecule is CCCCC(C)(C/C=C/C1C(CC=C=CCCCC(=O)OC)=C(O[Si](C)(C)C(C)(C)C)CC1O[Si](CC)(CC)CC)O[Si](C)(C)C. The molecule has 0 fully saturated rings. The van der Waals surface area contributed by atoms with Gasteiger partial charge in [0.2, 0.25) is 8.32 Å². The molecule has 1 aliphatic rings. The smallest absolute Gasteiger partial charge is 0.305 e. The first-order valence-electron chi connectivity index (χ1n) is 18.2. The lowest BCUT2D eigenvalue weighted by atomic mass is 9.92. The van der Waals surface area contributed by atoms with Crippen LogP contribution < -0.4 is 0 Å². The van der Waals surface area contributed by atoms with E-state index < -0.39 is 25.0 Å². The van der Waals surface area contributed by atoms with E-state index in [0.717, 1.165) is 62.4 Å². The van der Waals surface area contributed by atoms with Gasteiger partial charge >= 0.3 is 5.97 Å². The van der Waals surface area contributed by atoms with Crippen molar-refractivity contribution in [1.29, 1.82) is 0 Å². The summed E-state index contributed by atoms with van der Waals surface area (Å²) in [6.07, 6.45) is 17.1. The van der Waals surface area contributed by atoms with E-state index in [1.54, 1.807) is 0 Å². The van der Waals surface area contributed by atoms with Gasteiger partial charge in [-0.25, -0.2) is 0 Å². The monoisotopic (exact) mass is 692 g/mol. The Morgan fingerprint density at radius 2 is 1.59 bits per heavy atom. The molecule has 0 aromatic carbocycles. The molecule has 0 N–H and O–H groups in total. The van der Waals surface area contributed by atoms with Crippen molar-refractivity contribution in [3.8, 4) is 0 Å². The predicted octanol–water partition coefficient (Wildman–Crippen LogP) is 11.9. The fourth-order valence-corrected chi connectivity index (χ4v) is 11.8. The molecule has 0 aliphatic heterocycles. The molecule has 5 nitrogen and oxygen atoms in total. The van der Waals surface area contributed by atoms with Crippen LogP contribution >= 0.6 is 0 Å². The Morgan fingerprint density at radius 1 is 0.957 bits per heavy atom. The molecule has 0 spiro atoms. The van der Waals surface area contributed by atoms with E-state index in [1.807, 2.05) is 6.08 Å². The maximum atomic E-state index is 11.5. The van der Waals surface area contributed by atoms with Crippen LogP contribution in [0.5, 0.6) is 0 Å². The molecule has 0 bridgehead atoms. The Morgan fingerprint density at radius 3 is 2.11 bits per heavy atom. The average Bonchev–Trinajstić information content (AvgIpc) is 3.26. The lowest BCUT2D eigenvalue weighted by Crippen LogP contribution is -2.42. The summed E-state index contributed by atoms with van der Waals surface area (Å²) in [5.74, 6) is 1.15. The second kappa shape index (κ2) is 19.1. The van der Waals surface area contributed by atoms with Gasteiger partial charge < -0.3 is 18.0 Å². The van der Waals surface area contributed by atoms with Crippen LogP contribution in [0.4, 0.5) is 0 Å². The van der Waals surface area contributed by atoms with E-state index >= 15 is 0 Å². The molecule has 1 rings (SSSR count). The van der Waals surface area contributed by atoms with Crippen LogP contribution in [0.1, 0.15) is 113 Å². The predicted molar refractivity (Wildman–Crippen MR) is 205 cm³/mol. The lowest BCUT2D eigenvalue weighted by Gasteiger charge is -2.37. The van der Waals surface area contributed by atoms with Crippen LogP contribution in [0.2, 0.25) is 55.9 Å². The van der Waals surface area contributed by atoms with Gasteiger partial charge in [-0.15, -0.1) is 5.73 Å². The number of unbranched alkanes of at least 4 members (excludes halogenated alkanes) is 2. The average molecular weight is 693 g/mol. The molecule has 0 heterocycles. The van der Waals surface area contributed by atoms with Gasteiger partial charge in [0.05, 0.1) is 24.6 Å². The molecule has 266 valence electrons. The van der Waals surface area contributed by atoms with E-state index in [9.17, 15) is 4.79 Å². The molecule has 0 aromatic rings. The third-order valence-electron chi connectivity index (χ3n) is 10.1. The largest absolute Gasteiger partial charge is 0.546 e. The van der Waals surface area contributed by atoms with Gasteiger partial charge in [-0.3, -0.25) is 4.79 Å². The highest BCUT2D eigenvalue weighted by molar-refractivity contribution is 6.74. The van der Waals surface area contributed by atoms with Crippen LogP contribution in [0, 0.1) is 5.92 Å². The third kappa shape index (κ3) is 14.1. The van der Waals surface area contributed by atoms with Crippen molar-refractivity contribution < 1.29 is 22.8 Å². The Kier molecular flexibility index (Phi) is 17.8. The quantitative estimate of drug-likeness (QED) is 0.0394. The van der Waals surface area contributed by atoms with Crippen LogP contribution in [0.3, 0.4) is 0 Å². The highest BCUT2D eigenvalue weighted by Crippen LogP contribution is 2.46. The third-order valence-corrected chi connectivity index (χ3v) is 20.2. The van der Waals surface area contributed by atoms with Crippen LogP contribution in [0.25, 0.3) is 0 Å². The van der Waals surface area contributed by atoms with Gasteiger partial charge in [0.25, 0.3) is 0 Å². The fourth-order valence-electron chi connectivity index (χ4n) is 6.08. The number of hydrogen-bond donors (Lipinski definition) is 0. The number of hydrogen-bond acceptors (Lipinski definition) is 5. The molecule has 0 aromatic heterocycles. The van der Waals surface area contributed by atoms with E-state index in [4.69, 9.17) is 18.0 Å². The molecule has 0 saturated carbocycles. The maximum Gasteiger partial charge on any atom is 0.305 e. The number of carbonyl (C=O) groups excluding carboxylic acids is 1. The minimum Gasteiger partial charge on any atom is -0.546 e. The first-order valence-corrected chi connectivity index (χ1v) is 27.1. The topological polar surface area (TPSA) is 54.0 Å². The highest BCUT2D eigenvalue weighted by Gasteiger charge is 2.45. The Bertz CT molecular complexity index is 1050. The molecule has 0 amide bonds. The second-order valence-electron chi connectivity index (χ2n) is 16.1. The maximum absolute atomic E-state index is 11.5. The molecule has 1 aliphatic carbocycles. The summed E-state index contributed by atoms with van der Waals surface area (Å²) in [6, 6.07) is 3.40. The van der Waals surface area contributed by atoms with Crippen molar-refractivity contribution in [1.82, 2.24) is 0 Å². The summed E-state index contributed by atoms with van der Waals surface area (Å²) in [4.78, 5) is 11.5. The van der Waals surface area contributed by atoms with Crippen molar-refractivity contribution in [3.63, 3.8) is 0 Å². The van der Waals surface area contributed by atoms with E-state index in [2.05, 4.69) is 112 Å². The Hall–Kier alpha value is -1.16. The number of ether oxygens (including phenoxy) is 1. The normalized spacial score (nSPS) is 19.3. The summed E-state index contributed by atoms with van der Waals surface area (Å²) in [5, 5.41) is 0.106. The standard InChI is InChI=1S/C38H72O5Si3/c1-15-19-29-38(8,43-44(10,11)12)30-25-27-33-32(26-23-21-20-22-24-28-36(39)40-9)34(41-45(13,14)37(5,6)7)31-35(33)42-46(16-2,17-3)18-4/h20,23,25,27,33,35H,15-19,22,24,26,28-31H2,1-14H3/b27-25+. The molecule has 8 heteroatoms. The van der Waals surface area contributed by atoms with Crippen molar-refractivity contribution in [2.75, 3.05) is 7.11 Å². The summed E-state index contributed by atoms with van der Waals surface area (Å²) < 4.78 is 26.1. The zero-order chi connectivity index (χ0) is 35.2. The zero-order valence-corrected chi connectivity index (χ0v) is 35.5. The van der Waals surface area contributed by atoms with E-state index in [1.165, 1.54) is 25.5 Å². The summed E-state index contributed by atoms with van der Waals surface area (Å²) in [7, 11) is -4.20.